The third kappa shape index (κ3) is 3.68. The zero-order valence-corrected chi connectivity index (χ0v) is 13.9. The van der Waals surface area contributed by atoms with Gasteiger partial charge in [0, 0.05) is 17.5 Å². The minimum absolute atomic E-state index is 1.05. The van der Waals surface area contributed by atoms with E-state index in [0.717, 1.165) is 19.3 Å². The van der Waals surface area contributed by atoms with Gasteiger partial charge in [0.25, 0.3) is 0 Å². The van der Waals surface area contributed by atoms with Crippen LogP contribution in [0.3, 0.4) is 0 Å². The Bertz CT molecular complexity index is 737. The number of rotatable bonds is 5. The fourth-order valence-electron chi connectivity index (χ4n) is 2.79. The van der Waals surface area contributed by atoms with Crippen molar-refractivity contribution in [3.05, 3.63) is 78.1 Å². The Hall–Kier alpha value is -2.41. The summed E-state index contributed by atoms with van der Waals surface area (Å²) in [4.78, 5) is 4.54. The van der Waals surface area contributed by atoms with Crippen LogP contribution in [0.4, 0.5) is 0 Å². The van der Waals surface area contributed by atoms with Crippen LogP contribution in [0.15, 0.2) is 66.9 Å². The molecule has 1 aromatic heterocycles. The van der Waals surface area contributed by atoms with Crippen molar-refractivity contribution in [1.29, 1.82) is 0 Å². The first-order chi connectivity index (χ1) is 11.3. The number of aryl methyl sites for hydroxylation is 2. The molecule has 0 saturated carbocycles. The molecule has 0 aliphatic rings. The summed E-state index contributed by atoms with van der Waals surface area (Å²) in [6.07, 6.45) is 5.25. The average Bonchev–Trinajstić information content (AvgIpc) is 2.63. The fourth-order valence-corrected chi connectivity index (χ4v) is 2.79. The predicted octanol–water partition coefficient (Wildman–Crippen LogP) is 5.93. The second kappa shape index (κ2) is 7.23. The Morgan fingerprint density at radius 1 is 0.652 bits per heavy atom. The van der Waals surface area contributed by atoms with E-state index in [4.69, 9.17) is 0 Å². The standard InChI is InChI=1S/C22H23N/c1-3-5-22-15-14-21(16-23-22)20-12-10-19(11-13-20)18-8-6-17(4-2)7-9-18/h6-16H,3-5H2,1-2H3. The van der Waals surface area contributed by atoms with Gasteiger partial charge >= 0.3 is 0 Å². The first-order valence-corrected chi connectivity index (χ1v) is 8.45. The van der Waals surface area contributed by atoms with E-state index >= 15 is 0 Å². The van der Waals surface area contributed by atoms with Gasteiger partial charge in [-0.25, -0.2) is 0 Å². The van der Waals surface area contributed by atoms with E-state index in [0.29, 0.717) is 0 Å². The molecule has 0 radical (unpaired) electrons. The van der Waals surface area contributed by atoms with Crippen molar-refractivity contribution < 1.29 is 0 Å². The van der Waals surface area contributed by atoms with Crippen LogP contribution in [0.1, 0.15) is 31.5 Å². The molecule has 0 aliphatic carbocycles. The fraction of sp³-hybridized carbons (Fsp3) is 0.227. The van der Waals surface area contributed by atoms with E-state index < -0.39 is 0 Å². The Labute approximate surface area is 139 Å². The summed E-state index contributed by atoms with van der Waals surface area (Å²) in [5.74, 6) is 0. The highest BCUT2D eigenvalue weighted by atomic mass is 14.7. The SMILES string of the molecule is CCCc1ccc(-c2ccc(-c3ccc(CC)cc3)cc2)cn1. The number of hydrogen-bond donors (Lipinski definition) is 0. The van der Waals surface area contributed by atoms with E-state index in [9.17, 15) is 0 Å². The molecule has 0 atom stereocenters. The highest BCUT2D eigenvalue weighted by molar-refractivity contribution is 5.70. The van der Waals surface area contributed by atoms with Crippen LogP contribution in [0.2, 0.25) is 0 Å². The van der Waals surface area contributed by atoms with Crippen LogP contribution in [0.25, 0.3) is 22.3 Å². The molecule has 1 nitrogen and oxygen atoms in total. The summed E-state index contributed by atoms with van der Waals surface area (Å²) in [7, 11) is 0. The van der Waals surface area contributed by atoms with Gasteiger partial charge in [-0.1, -0.05) is 74.9 Å². The first kappa shape index (κ1) is 15.5. The third-order valence-corrected chi connectivity index (χ3v) is 4.24. The predicted molar refractivity (Wildman–Crippen MR) is 98.5 cm³/mol. The van der Waals surface area contributed by atoms with Crippen LogP contribution in [-0.4, -0.2) is 4.98 Å². The quantitative estimate of drug-likeness (QED) is 0.569. The molecule has 23 heavy (non-hydrogen) atoms. The maximum Gasteiger partial charge on any atom is 0.0403 e. The summed E-state index contributed by atoms with van der Waals surface area (Å²) < 4.78 is 0. The molecule has 0 spiro atoms. The number of hydrogen-bond acceptors (Lipinski definition) is 1. The lowest BCUT2D eigenvalue weighted by atomic mass is 10.00. The summed E-state index contributed by atoms with van der Waals surface area (Å²) >= 11 is 0. The number of pyridine rings is 1. The normalized spacial score (nSPS) is 10.7. The largest absolute Gasteiger partial charge is 0.261 e. The zero-order chi connectivity index (χ0) is 16.1. The van der Waals surface area contributed by atoms with Gasteiger partial charge in [0.2, 0.25) is 0 Å². The van der Waals surface area contributed by atoms with Gasteiger partial charge in [0.15, 0.2) is 0 Å². The van der Waals surface area contributed by atoms with E-state index in [-0.39, 0.29) is 0 Å². The lowest BCUT2D eigenvalue weighted by Gasteiger charge is -2.06. The highest BCUT2D eigenvalue weighted by Crippen LogP contribution is 2.25. The van der Waals surface area contributed by atoms with E-state index in [1.54, 1.807) is 0 Å². The second-order valence-electron chi connectivity index (χ2n) is 5.92. The number of aromatic nitrogens is 1. The van der Waals surface area contributed by atoms with Crippen LogP contribution in [-0.2, 0) is 12.8 Å². The molecule has 0 aliphatic heterocycles. The number of nitrogens with zero attached hydrogens (tertiary/aromatic N) is 1. The lowest BCUT2D eigenvalue weighted by Crippen LogP contribution is -1.89. The molecule has 0 amide bonds. The molecule has 3 rings (SSSR count). The van der Waals surface area contributed by atoms with Crippen molar-refractivity contribution in [2.24, 2.45) is 0 Å². The molecule has 0 N–H and O–H groups in total. The third-order valence-electron chi connectivity index (χ3n) is 4.24. The van der Waals surface area contributed by atoms with Gasteiger partial charge in [0.1, 0.15) is 0 Å². The molecule has 1 heteroatoms. The Morgan fingerprint density at radius 2 is 1.17 bits per heavy atom. The van der Waals surface area contributed by atoms with Crippen molar-refractivity contribution in [1.82, 2.24) is 4.98 Å². The van der Waals surface area contributed by atoms with Crippen LogP contribution in [0.5, 0.6) is 0 Å². The van der Waals surface area contributed by atoms with Gasteiger partial charge in [0.05, 0.1) is 0 Å². The molecule has 2 aromatic carbocycles. The van der Waals surface area contributed by atoms with Crippen molar-refractivity contribution in [3.8, 4) is 22.3 Å². The average molecular weight is 301 g/mol. The highest BCUT2D eigenvalue weighted by Gasteiger charge is 2.02. The molecule has 0 bridgehead atoms. The molecule has 3 aromatic rings. The van der Waals surface area contributed by atoms with E-state index in [2.05, 4.69) is 79.5 Å². The van der Waals surface area contributed by atoms with Crippen molar-refractivity contribution in [2.45, 2.75) is 33.1 Å². The first-order valence-electron chi connectivity index (χ1n) is 8.45. The van der Waals surface area contributed by atoms with Crippen molar-refractivity contribution in [3.63, 3.8) is 0 Å². The molecule has 116 valence electrons. The Morgan fingerprint density at radius 3 is 1.65 bits per heavy atom. The van der Waals surface area contributed by atoms with Gasteiger partial charge in [-0.05, 0) is 41.2 Å². The second-order valence-corrected chi connectivity index (χ2v) is 5.92. The van der Waals surface area contributed by atoms with Crippen LogP contribution in [0, 0.1) is 0 Å². The van der Waals surface area contributed by atoms with Crippen LogP contribution >= 0.6 is 0 Å². The molecular formula is C22H23N. The maximum atomic E-state index is 4.54. The minimum atomic E-state index is 1.05. The molecule has 1 heterocycles. The van der Waals surface area contributed by atoms with Crippen LogP contribution < -0.4 is 0 Å². The minimum Gasteiger partial charge on any atom is -0.261 e. The smallest absolute Gasteiger partial charge is 0.0403 e. The molecular weight excluding hydrogens is 278 g/mol. The summed E-state index contributed by atoms with van der Waals surface area (Å²) in [6.45, 7) is 4.37. The number of benzene rings is 2. The molecule has 0 saturated heterocycles. The molecule has 0 unspecified atom stereocenters. The summed E-state index contributed by atoms with van der Waals surface area (Å²) in [5, 5.41) is 0. The van der Waals surface area contributed by atoms with Crippen molar-refractivity contribution >= 4 is 0 Å². The Balaban J connectivity index is 1.80. The molecule has 0 fully saturated rings. The lowest BCUT2D eigenvalue weighted by molar-refractivity contribution is 0.883. The summed E-state index contributed by atoms with van der Waals surface area (Å²) in [5.41, 5.74) is 7.47. The van der Waals surface area contributed by atoms with Gasteiger partial charge < -0.3 is 0 Å². The van der Waals surface area contributed by atoms with Gasteiger partial charge in [-0.15, -0.1) is 0 Å². The van der Waals surface area contributed by atoms with E-state index in [1.165, 1.54) is 33.5 Å². The summed E-state index contributed by atoms with van der Waals surface area (Å²) in [6, 6.07) is 21.9. The van der Waals surface area contributed by atoms with E-state index in [1.807, 2.05) is 6.20 Å². The van der Waals surface area contributed by atoms with Gasteiger partial charge in [-0.2, -0.15) is 0 Å². The Kier molecular flexibility index (Phi) is 4.87. The maximum absolute atomic E-state index is 4.54. The topological polar surface area (TPSA) is 12.9 Å². The van der Waals surface area contributed by atoms with Gasteiger partial charge in [-0.3, -0.25) is 4.98 Å². The van der Waals surface area contributed by atoms with Crippen molar-refractivity contribution in [2.75, 3.05) is 0 Å². The monoisotopic (exact) mass is 301 g/mol. The zero-order valence-electron chi connectivity index (χ0n) is 13.9.